The first-order chi connectivity index (χ1) is 9.22. The second-order valence-corrected chi connectivity index (χ2v) is 6.25. The van der Waals surface area contributed by atoms with E-state index in [1.165, 1.54) is 31.4 Å². The van der Waals surface area contributed by atoms with Gasteiger partial charge in [-0.1, -0.05) is 24.9 Å². The smallest absolute Gasteiger partial charge is 0.222 e. The number of oxime groups is 1. The maximum atomic E-state index is 11.7. The molecule has 1 saturated heterocycles. The van der Waals surface area contributed by atoms with Crippen molar-refractivity contribution in [3.63, 3.8) is 0 Å². The fourth-order valence-electron chi connectivity index (χ4n) is 3.68. The number of nitrogens with zero attached hydrogens (tertiary/aromatic N) is 2. The van der Waals surface area contributed by atoms with Gasteiger partial charge in [-0.15, -0.1) is 0 Å². The van der Waals surface area contributed by atoms with Crippen molar-refractivity contribution in [3.8, 4) is 0 Å². The molecular weight excluding hydrogens is 240 g/mol. The normalized spacial score (nSPS) is 26.6. The van der Waals surface area contributed by atoms with E-state index >= 15 is 0 Å². The van der Waals surface area contributed by atoms with E-state index in [9.17, 15) is 4.79 Å². The standard InChI is InChI=1S/C15H24N2O2/c1-2-14(18)17-9-7-15(8-10-17)11-13(16-19-15)12-5-3-4-6-12/h12H,2-11H2,1H3. The number of hydrogen-bond donors (Lipinski definition) is 0. The molecule has 0 atom stereocenters. The van der Waals surface area contributed by atoms with Crippen molar-refractivity contribution in [2.45, 2.75) is 63.9 Å². The SMILES string of the molecule is CCC(=O)N1CCC2(CC1)CC(C1CCCC1)=NO2. The van der Waals surface area contributed by atoms with E-state index in [1.807, 2.05) is 11.8 Å². The van der Waals surface area contributed by atoms with Gasteiger partial charge in [-0.05, 0) is 12.8 Å². The van der Waals surface area contributed by atoms with Gasteiger partial charge in [0, 0.05) is 44.7 Å². The minimum Gasteiger partial charge on any atom is -0.389 e. The van der Waals surface area contributed by atoms with Crippen LogP contribution in [0.2, 0.25) is 0 Å². The Morgan fingerprint density at radius 1 is 1.37 bits per heavy atom. The van der Waals surface area contributed by atoms with Gasteiger partial charge in [0.25, 0.3) is 0 Å². The molecule has 2 aliphatic heterocycles. The lowest BCUT2D eigenvalue weighted by molar-refractivity contribution is -0.136. The summed E-state index contributed by atoms with van der Waals surface area (Å²) in [5.74, 6) is 0.944. The first-order valence-corrected chi connectivity index (χ1v) is 7.75. The van der Waals surface area contributed by atoms with E-state index in [1.54, 1.807) is 0 Å². The lowest BCUT2D eigenvalue weighted by Gasteiger charge is -2.37. The first kappa shape index (κ1) is 12.9. The van der Waals surface area contributed by atoms with Gasteiger partial charge in [0.2, 0.25) is 5.91 Å². The summed E-state index contributed by atoms with van der Waals surface area (Å²) in [4.78, 5) is 19.5. The summed E-state index contributed by atoms with van der Waals surface area (Å²) in [6.07, 6.45) is 8.77. The van der Waals surface area contributed by atoms with Crippen molar-refractivity contribution >= 4 is 11.6 Å². The third kappa shape index (κ3) is 2.49. The molecule has 0 aromatic rings. The zero-order valence-electron chi connectivity index (χ0n) is 11.9. The van der Waals surface area contributed by atoms with Crippen LogP contribution in [-0.2, 0) is 9.63 Å². The third-order valence-electron chi connectivity index (χ3n) is 5.02. The van der Waals surface area contributed by atoms with Crippen molar-refractivity contribution in [1.82, 2.24) is 4.90 Å². The molecule has 2 heterocycles. The molecule has 4 heteroatoms. The van der Waals surface area contributed by atoms with Crippen LogP contribution in [0, 0.1) is 5.92 Å². The van der Waals surface area contributed by atoms with Crippen LogP contribution < -0.4 is 0 Å². The largest absolute Gasteiger partial charge is 0.389 e. The Bertz CT molecular complexity index is 378. The van der Waals surface area contributed by atoms with E-state index in [4.69, 9.17) is 4.84 Å². The van der Waals surface area contributed by atoms with Crippen molar-refractivity contribution in [3.05, 3.63) is 0 Å². The molecule has 1 aliphatic carbocycles. The number of likely N-dealkylation sites (tertiary alicyclic amines) is 1. The summed E-state index contributed by atoms with van der Waals surface area (Å²) >= 11 is 0. The van der Waals surface area contributed by atoms with Crippen LogP contribution in [-0.4, -0.2) is 35.2 Å². The van der Waals surface area contributed by atoms with Gasteiger partial charge in [-0.25, -0.2) is 0 Å². The number of amides is 1. The van der Waals surface area contributed by atoms with E-state index in [2.05, 4.69) is 5.16 Å². The molecule has 4 nitrogen and oxygen atoms in total. The minimum absolute atomic E-state index is 0.0809. The van der Waals surface area contributed by atoms with E-state index in [0.29, 0.717) is 12.3 Å². The predicted octanol–water partition coefficient (Wildman–Crippen LogP) is 2.72. The lowest BCUT2D eigenvalue weighted by atomic mass is 9.83. The van der Waals surface area contributed by atoms with Gasteiger partial charge in [0.1, 0.15) is 5.60 Å². The fraction of sp³-hybridized carbons (Fsp3) is 0.867. The molecule has 0 aromatic carbocycles. The monoisotopic (exact) mass is 264 g/mol. The van der Waals surface area contributed by atoms with Crippen LogP contribution in [0.3, 0.4) is 0 Å². The van der Waals surface area contributed by atoms with Crippen molar-refractivity contribution in [1.29, 1.82) is 0 Å². The van der Waals surface area contributed by atoms with E-state index < -0.39 is 0 Å². The minimum atomic E-state index is -0.0809. The molecule has 1 spiro atoms. The Morgan fingerprint density at radius 3 is 2.68 bits per heavy atom. The van der Waals surface area contributed by atoms with Crippen LogP contribution in [0.15, 0.2) is 5.16 Å². The van der Waals surface area contributed by atoms with Gasteiger partial charge >= 0.3 is 0 Å². The molecule has 0 radical (unpaired) electrons. The molecule has 0 aromatic heterocycles. The first-order valence-electron chi connectivity index (χ1n) is 7.75. The van der Waals surface area contributed by atoms with Crippen LogP contribution >= 0.6 is 0 Å². The summed E-state index contributed by atoms with van der Waals surface area (Å²) in [5.41, 5.74) is 1.22. The molecule has 0 bridgehead atoms. The zero-order valence-corrected chi connectivity index (χ0v) is 11.9. The molecule has 1 amide bonds. The summed E-state index contributed by atoms with van der Waals surface area (Å²) in [6.45, 7) is 3.60. The van der Waals surface area contributed by atoms with Crippen LogP contribution in [0.25, 0.3) is 0 Å². The van der Waals surface area contributed by atoms with Crippen LogP contribution in [0.4, 0.5) is 0 Å². The molecule has 2 fully saturated rings. The zero-order chi connectivity index (χ0) is 13.3. The number of carbonyl (C=O) groups is 1. The lowest BCUT2D eigenvalue weighted by Crippen LogP contribution is -2.46. The molecule has 3 aliphatic rings. The molecule has 3 rings (SSSR count). The summed E-state index contributed by atoms with van der Waals surface area (Å²) in [5, 5.41) is 4.40. The highest BCUT2D eigenvalue weighted by Gasteiger charge is 2.44. The molecule has 106 valence electrons. The highest BCUT2D eigenvalue weighted by Crippen LogP contribution is 2.39. The average molecular weight is 264 g/mol. The molecule has 0 unspecified atom stereocenters. The third-order valence-corrected chi connectivity index (χ3v) is 5.02. The quantitative estimate of drug-likeness (QED) is 0.769. The van der Waals surface area contributed by atoms with Crippen molar-refractivity contribution in [2.75, 3.05) is 13.1 Å². The van der Waals surface area contributed by atoms with Gasteiger partial charge < -0.3 is 9.74 Å². The summed E-state index contributed by atoms with van der Waals surface area (Å²) < 4.78 is 0. The Kier molecular flexibility index (Phi) is 3.50. The van der Waals surface area contributed by atoms with Gasteiger partial charge in [-0.3, -0.25) is 4.79 Å². The molecule has 1 saturated carbocycles. The van der Waals surface area contributed by atoms with E-state index in [-0.39, 0.29) is 11.5 Å². The Hall–Kier alpha value is -1.06. The van der Waals surface area contributed by atoms with Crippen LogP contribution in [0.5, 0.6) is 0 Å². The Morgan fingerprint density at radius 2 is 2.05 bits per heavy atom. The van der Waals surface area contributed by atoms with Gasteiger partial charge in [-0.2, -0.15) is 0 Å². The summed E-state index contributed by atoms with van der Waals surface area (Å²) in [6, 6.07) is 0. The van der Waals surface area contributed by atoms with Crippen LogP contribution in [0.1, 0.15) is 58.3 Å². The van der Waals surface area contributed by atoms with Crippen molar-refractivity contribution < 1.29 is 9.63 Å². The number of hydrogen-bond acceptors (Lipinski definition) is 3. The number of carbonyl (C=O) groups excluding carboxylic acids is 1. The fourth-order valence-corrected chi connectivity index (χ4v) is 3.68. The number of piperidine rings is 1. The van der Waals surface area contributed by atoms with Gasteiger partial charge in [0.15, 0.2) is 0 Å². The molecule has 0 N–H and O–H groups in total. The Balaban J connectivity index is 1.56. The average Bonchev–Trinajstić information content (AvgIpc) is 3.09. The second kappa shape index (κ2) is 5.14. The molecule has 19 heavy (non-hydrogen) atoms. The maximum Gasteiger partial charge on any atom is 0.222 e. The number of rotatable bonds is 2. The van der Waals surface area contributed by atoms with Crippen molar-refractivity contribution in [2.24, 2.45) is 11.1 Å². The molecular formula is C15H24N2O2. The Labute approximate surface area is 115 Å². The maximum absolute atomic E-state index is 11.7. The highest BCUT2D eigenvalue weighted by molar-refractivity contribution is 5.88. The second-order valence-electron chi connectivity index (χ2n) is 6.25. The summed E-state index contributed by atoms with van der Waals surface area (Å²) in [7, 11) is 0. The van der Waals surface area contributed by atoms with Gasteiger partial charge in [0.05, 0.1) is 5.71 Å². The topological polar surface area (TPSA) is 41.9 Å². The predicted molar refractivity (Wildman–Crippen MR) is 73.9 cm³/mol. The highest BCUT2D eigenvalue weighted by atomic mass is 16.7. The van der Waals surface area contributed by atoms with E-state index in [0.717, 1.165) is 32.4 Å².